The Labute approximate surface area is 125 Å². The van der Waals surface area contributed by atoms with Crippen LogP contribution in [-0.2, 0) is 20.8 Å². The topological polar surface area (TPSA) is 65.4 Å². The number of aromatic nitrogens is 2. The van der Waals surface area contributed by atoms with Gasteiger partial charge in [0, 0.05) is 32.4 Å². The molecule has 118 valence electrons. The number of hydrogen-bond acceptors (Lipinski definition) is 4. The van der Waals surface area contributed by atoms with Gasteiger partial charge in [-0.2, -0.15) is 5.10 Å². The first-order valence-electron chi connectivity index (χ1n) is 7.51. The van der Waals surface area contributed by atoms with Crippen molar-refractivity contribution in [1.29, 1.82) is 0 Å². The molecule has 1 amide bonds. The molecular weight excluding hydrogens is 270 g/mol. The van der Waals surface area contributed by atoms with Crippen LogP contribution >= 0.6 is 0 Å². The van der Waals surface area contributed by atoms with Crippen molar-refractivity contribution < 1.29 is 14.3 Å². The van der Waals surface area contributed by atoms with E-state index in [1.54, 1.807) is 7.11 Å². The molecule has 0 spiro atoms. The highest BCUT2D eigenvalue weighted by Gasteiger charge is 2.26. The zero-order valence-electron chi connectivity index (χ0n) is 13.1. The molecule has 0 saturated carbocycles. The normalized spacial score (nSPS) is 22.2. The molecule has 0 bridgehead atoms. The van der Waals surface area contributed by atoms with Crippen molar-refractivity contribution >= 4 is 5.91 Å². The van der Waals surface area contributed by atoms with Gasteiger partial charge in [0.05, 0.1) is 24.4 Å². The number of amides is 1. The summed E-state index contributed by atoms with van der Waals surface area (Å²) in [4.78, 5) is 12.0. The van der Waals surface area contributed by atoms with Crippen LogP contribution in [0.2, 0.25) is 0 Å². The van der Waals surface area contributed by atoms with E-state index in [0.717, 1.165) is 30.8 Å². The summed E-state index contributed by atoms with van der Waals surface area (Å²) in [6.07, 6.45) is 2.15. The Hall–Kier alpha value is -1.40. The number of carbonyl (C=O) groups excluding carboxylic acids is 1. The average Bonchev–Trinajstić information content (AvgIpc) is 2.77. The zero-order chi connectivity index (χ0) is 15.2. The van der Waals surface area contributed by atoms with Gasteiger partial charge in [-0.1, -0.05) is 0 Å². The number of nitrogens with zero attached hydrogens (tertiary/aromatic N) is 2. The Morgan fingerprint density at radius 3 is 3.05 bits per heavy atom. The molecule has 1 saturated heterocycles. The minimum atomic E-state index is -0.0371. The molecule has 1 aliphatic heterocycles. The molecule has 0 radical (unpaired) electrons. The lowest BCUT2D eigenvalue weighted by Gasteiger charge is -2.31. The van der Waals surface area contributed by atoms with Crippen molar-refractivity contribution in [3.8, 4) is 0 Å². The first kappa shape index (κ1) is 16.0. The summed E-state index contributed by atoms with van der Waals surface area (Å²) in [6, 6.07) is 2.01. The van der Waals surface area contributed by atoms with E-state index >= 15 is 0 Å². The summed E-state index contributed by atoms with van der Waals surface area (Å²) < 4.78 is 12.7. The molecule has 6 nitrogen and oxygen atoms in total. The SMILES string of the molecule is CO[C@@H]1CCOC[C@H]1NC(=O)CCCn1nc(C)cc1C. The van der Waals surface area contributed by atoms with Crippen molar-refractivity contribution in [3.63, 3.8) is 0 Å². The van der Waals surface area contributed by atoms with Gasteiger partial charge in [-0.15, -0.1) is 0 Å². The van der Waals surface area contributed by atoms with Gasteiger partial charge in [0.25, 0.3) is 0 Å². The summed E-state index contributed by atoms with van der Waals surface area (Å²) in [5.41, 5.74) is 2.15. The Morgan fingerprint density at radius 2 is 2.38 bits per heavy atom. The molecule has 1 N–H and O–H groups in total. The van der Waals surface area contributed by atoms with Gasteiger partial charge in [0.2, 0.25) is 5.91 Å². The zero-order valence-corrected chi connectivity index (χ0v) is 13.1. The summed E-state index contributed by atoms with van der Waals surface area (Å²) >= 11 is 0. The van der Waals surface area contributed by atoms with Crippen LogP contribution in [-0.4, -0.2) is 48.2 Å². The first-order valence-corrected chi connectivity index (χ1v) is 7.51. The molecule has 2 heterocycles. The van der Waals surface area contributed by atoms with E-state index in [0.29, 0.717) is 19.6 Å². The van der Waals surface area contributed by atoms with Gasteiger partial charge in [-0.05, 0) is 32.8 Å². The van der Waals surface area contributed by atoms with Gasteiger partial charge < -0.3 is 14.8 Å². The van der Waals surface area contributed by atoms with E-state index < -0.39 is 0 Å². The number of hydrogen-bond donors (Lipinski definition) is 1. The number of aryl methyl sites for hydroxylation is 3. The Bertz CT molecular complexity index is 473. The van der Waals surface area contributed by atoms with Crippen LogP contribution in [0.1, 0.15) is 30.7 Å². The van der Waals surface area contributed by atoms with Crippen LogP contribution in [0.25, 0.3) is 0 Å². The molecule has 1 aromatic rings. The van der Waals surface area contributed by atoms with E-state index in [2.05, 4.69) is 10.4 Å². The average molecular weight is 295 g/mol. The molecule has 0 unspecified atom stereocenters. The third-order valence-corrected chi connectivity index (χ3v) is 3.82. The highest BCUT2D eigenvalue weighted by Crippen LogP contribution is 2.11. The van der Waals surface area contributed by atoms with E-state index in [4.69, 9.17) is 9.47 Å². The van der Waals surface area contributed by atoms with Crippen LogP contribution in [0.4, 0.5) is 0 Å². The highest BCUT2D eigenvalue weighted by atomic mass is 16.5. The largest absolute Gasteiger partial charge is 0.379 e. The van der Waals surface area contributed by atoms with E-state index in [9.17, 15) is 4.79 Å². The number of rotatable bonds is 6. The lowest BCUT2D eigenvalue weighted by atomic mass is 10.1. The monoisotopic (exact) mass is 295 g/mol. The molecule has 21 heavy (non-hydrogen) atoms. The molecular formula is C15H25N3O3. The lowest BCUT2D eigenvalue weighted by molar-refractivity contribution is -0.125. The molecule has 2 rings (SSSR count). The van der Waals surface area contributed by atoms with Crippen LogP contribution in [0, 0.1) is 13.8 Å². The van der Waals surface area contributed by atoms with Gasteiger partial charge in [-0.3, -0.25) is 9.48 Å². The molecule has 1 aromatic heterocycles. The maximum atomic E-state index is 12.0. The van der Waals surface area contributed by atoms with Crippen LogP contribution in [0.15, 0.2) is 6.07 Å². The van der Waals surface area contributed by atoms with Crippen LogP contribution in [0.3, 0.4) is 0 Å². The van der Waals surface area contributed by atoms with E-state index in [1.165, 1.54) is 0 Å². The molecule has 0 aromatic carbocycles. The Kier molecular flexibility index (Phi) is 5.76. The summed E-state index contributed by atoms with van der Waals surface area (Å²) in [6.45, 7) is 6.00. The van der Waals surface area contributed by atoms with Crippen molar-refractivity contribution in [2.45, 2.75) is 51.8 Å². The van der Waals surface area contributed by atoms with Crippen molar-refractivity contribution in [2.75, 3.05) is 20.3 Å². The quantitative estimate of drug-likeness (QED) is 0.856. The van der Waals surface area contributed by atoms with Crippen molar-refractivity contribution in [1.82, 2.24) is 15.1 Å². The maximum absolute atomic E-state index is 12.0. The van der Waals surface area contributed by atoms with Gasteiger partial charge in [0.15, 0.2) is 0 Å². The van der Waals surface area contributed by atoms with E-state index in [-0.39, 0.29) is 18.1 Å². The van der Waals surface area contributed by atoms with Crippen molar-refractivity contribution in [3.05, 3.63) is 17.5 Å². The van der Waals surface area contributed by atoms with Gasteiger partial charge in [0.1, 0.15) is 0 Å². The molecule has 1 fully saturated rings. The number of nitrogens with one attached hydrogen (secondary N) is 1. The minimum Gasteiger partial charge on any atom is -0.379 e. The summed E-state index contributed by atoms with van der Waals surface area (Å²) in [5, 5.41) is 7.40. The number of methoxy groups -OCH3 is 1. The third-order valence-electron chi connectivity index (χ3n) is 3.82. The minimum absolute atomic E-state index is 0.0371. The fraction of sp³-hybridized carbons (Fsp3) is 0.733. The Balaban J connectivity index is 1.73. The van der Waals surface area contributed by atoms with Gasteiger partial charge in [-0.25, -0.2) is 0 Å². The smallest absolute Gasteiger partial charge is 0.220 e. The fourth-order valence-electron chi connectivity index (χ4n) is 2.70. The highest BCUT2D eigenvalue weighted by molar-refractivity contribution is 5.76. The fourth-order valence-corrected chi connectivity index (χ4v) is 2.70. The number of carbonyl (C=O) groups is 1. The predicted molar refractivity (Wildman–Crippen MR) is 79.1 cm³/mol. The Morgan fingerprint density at radius 1 is 1.57 bits per heavy atom. The van der Waals surface area contributed by atoms with Crippen LogP contribution < -0.4 is 5.32 Å². The maximum Gasteiger partial charge on any atom is 0.220 e. The van der Waals surface area contributed by atoms with Gasteiger partial charge >= 0.3 is 0 Å². The molecule has 6 heteroatoms. The first-order chi connectivity index (χ1) is 10.1. The van der Waals surface area contributed by atoms with Crippen LogP contribution in [0.5, 0.6) is 0 Å². The number of ether oxygens (including phenoxy) is 2. The second kappa shape index (κ2) is 7.56. The van der Waals surface area contributed by atoms with Crippen molar-refractivity contribution in [2.24, 2.45) is 0 Å². The third kappa shape index (κ3) is 4.54. The summed E-state index contributed by atoms with van der Waals surface area (Å²) in [5.74, 6) is 0.0501. The predicted octanol–water partition coefficient (Wildman–Crippen LogP) is 1.20. The second-order valence-electron chi connectivity index (χ2n) is 5.57. The standard InChI is InChI=1S/C15H25N3O3/c1-11-9-12(2)18(17-11)7-4-5-15(19)16-13-10-21-8-6-14(13)20-3/h9,13-14H,4-8,10H2,1-3H3,(H,16,19)/t13-,14-/m1/s1. The molecule has 1 aliphatic rings. The molecule has 2 atom stereocenters. The van der Waals surface area contributed by atoms with E-state index in [1.807, 2.05) is 24.6 Å². The second-order valence-corrected chi connectivity index (χ2v) is 5.57. The summed E-state index contributed by atoms with van der Waals surface area (Å²) in [7, 11) is 1.68. The lowest BCUT2D eigenvalue weighted by Crippen LogP contribution is -2.50. The molecule has 0 aliphatic carbocycles.